The molecular weight excluding hydrogens is 972 g/mol. The second-order valence-corrected chi connectivity index (χ2v) is 25.6. The van der Waals surface area contributed by atoms with E-state index >= 15 is 0 Å². The van der Waals surface area contributed by atoms with E-state index in [1.807, 2.05) is 27.2 Å². The topological polar surface area (TPSA) is 105 Å². The second kappa shape index (κ2) is 59.1. The first-order chi connectivity index (χ1) is 37.5. The molecule has 0 heterocycles. The summed E-state index contributed by atoms with van der Waals surface area (Å²) in [4.78, 5) is 23.3. The van der Waals surface area contributed by atoms with Crippen molar-refractivity contribution in [3.8, 4) is 0 Å². The fraction of sp³-hybridized carbons (Fsp3) is 0.868. The fourth-order valence-corrected chi connectivity index (χ4v) is 10.7. The first-order valence-corrected chi connectivity index (χ1v) is 35.0. The van der Waals surface area contributed by atoms with Gasteiger partial charge in [-0.2, -0.15) is 0 Å². The van der Waals surface area contributed by atoms with E-state index in [1.54, 1.807) is 6.08 Å². The molecule has 0 aliphatic carbocycles. The molecule has 0 rings (SSSR count). The molecule has 77 heavy (non-hydrogen) atoms. The Labute approximate surface area is 479 Å². The predicted octanol–water partition coefficient (Wildman–Crippen LogP) is 21.1. The lowest BCUT2D eigenvalue weighted by molar-refractivity contribution is -0.870. The standard InChI is InChI=1S/C68H131N2O6P/c1-6-8-10-12-14-16-18-20-22-24-25-26-27-28-29-30-31-32-33-34-35-36-37-38-39-40-41-42-43-44-45-46-48-50-52-54-56-58-60-62-68(72)69-66(65-76-77(73,74)75-64-63-70(3,4)5)67(71)61-59-57-55-53-51-49-47-23-21-19-17-15-13-11-9-7-2/h21,23-25,51,53,59,61,66-67,71H,6-20,22,26-50,52,54-58,60,62-65H2,1-5H3,(H-,69,72,73,74)/p+1/b23-21+,25-24-,53-51+,61-59+. The van der Waals surface area contributed by atoms with Crippen molar-refractivity contribution in [3.05, 3.63) is 48.6 Å². The molecule has 8 nitrogen and oxygen atoms in total. The molecule has 3 unspecified atom stereocenters. The largest absolute Gasteiger partial charge is 0.472 e. The highest BCUT2D eigenvalue weighted by Gasteiger charge is 2.28. The number of carbonyl (C=O) groups excluding carboxylic acids is 1. The number of phosphoric ester groups is 1. The van der Waals surface area contributed by atoms with Crippen LogP contribution in [0.25, 0.3) is 0 Å². The zero-order valence-electron chi connectivity index (χ0n) is 52.0. The number of nitrogens with zero attached hydrogens (tertiary/aromatic N) is 1. The number of amides is 1. The zero-order valence-corrected chi connectivity index (χ0v) is 52.9. The maximum Gasteiger partial charge on any atom is 0.472 e. The van der Waals surface area contributed by atoms with Crippen LogP contribution in [0.15, 0.2) is 48.6 Å². The van der Waals surface area contributed by atoms with Crippen molar-refractivity contribution >= 4 is 13.7 Å². The van der Waals surface area contributed by atoms with Gasteiger partial charge in [0.05, 0.1) is 39.9 Å². The number of unbranched alkanes of at least 4 members (excludes halogenated alkanes) is 43. The Morgan fingerprint density at radius 2 is 0.714 bits per heavy atom. The predicted molar refractivity (Wildman–Crippen MR) is 337 cm³/mol. The number of hydrogen-bond acceptors (Lipinski definition) is 5. The molecule has 0 aliphatic heterocycles. The average molecular weight is 1100 g/mol. The van der Waals surface area contributed by atoms with Gasteiger partial charge in [0, 0.05) is 6.42 Å². The SMILES string of the molecule is CCCCCCCC/C=C/CC/C=C/CC/C=C/C(O)C(COP(=O)(O)OCC[N+](C)(C)C)NC(=O)CCCCCCCCCCCCCCCCCCCCCCCCCCCCC/C=C\CCCCCCCCCC. The maximum atomic E-state index is 13.0. The van der Waals surface area contributed by atoms with E-state index < -0.39 is 20.0 Å². The van der Waals surface area contributed by atoms with Crippen molar-refractivity contribution in [2.75, 3.05) is 40.9 Å². The molecule has 0 saturated carbocycles. The van der Waals surface area contributed by atoms with E-state index in [9.17, 15) is 19.4 Å². The molecule has 0 aromatic heterocycles. The first-order valence-electron chi connectivity index (χ1n) is 33.5. The van der Waals surface area contributed by atoms with Crippen molar-refractivity contribution in [3.63, 3.8) is 0 Å². The van der Waals surface area contributed by atoms with Gasteiger partial charge in [0.2, 0.25) is 5.91 Å². The molecule has 3 N–H and O–H groups in total. The molecule has 3 atom stereocenters. The van der Waals surface area contributed by atoms with Gasteiger partial charge in [0.15, 0.2) is 0 Å². The number of aliphatic hydroxyl groups excluding tert-OH is 1. The summed E-state index contributed by atoms with van der Waals surface area (Å²) in [6, 6.07) is -0.869. The lowest BCUT2D eigenvalue weighted by Gasteiger charge is -2.25. The maximum absolute atomic E-state index is 13.0. The monoisotopic (exact) mass is 1100 g/mol. The third-order valence-corrected chi connectivity index (χ3v) is 16.2. The Balaban J connectivity index is 3.92. The molecular formula is C68H132N2O6P+. The zero-order chi connectivity index (χ0) is 56.3. The minimum atomic E-state index is -4.36. The number of phosphoric acid groups is 1. The average Bonchev–Trinajstić information content (AvgIpc) is 3.39. The van der Waals surface area contributed by atoms with Crippen LogP contribution in [-0.2, 0) is 18.4 Å². The number of hydrogen-bond donors (Lipinski definition) is 3. The lowest BCUT2D eigenvalue weighted by atomic mass is 10.0. The van der Waals surface area contributed by atoms with Gasteiger partial charge in [-0.1, -0.05) is 300 Å². The molecule has 454 valence electrons. The molecule has 0 radical (unpaired) electrons. The summed E-state index contributed by atoms with van der Waals surface area (Å²) < 4.78 is 23.7. The highest BCUT2D eigenvalue weighted by molar-refractivity contribution is 7.47. The van der Waals surface area contributed by atoms with Crippen molar-refractivity contribution < 1.29 is 32.9 Å². The Bertz CT molecular complexity index is 1390. The van der Waals surface area contributed by atoms with Crippen LogP contribution in [0.4, 0.5) is 0 Å². The molecule has 0 bridgehead atoms. The van der Waals surface area contributed by atoms with Gasteiger partial charge in [0.1, 0.15) is 13.2 Å². The van der Waals surface area contributed by atoms with E-state index in [2.05, 4.69) is 55.6 Å². The Hall–Kier alpha value is -1.54. The molecule has 0 spiro atoms. The smallest absolute Gasteiger partial charge is 0.387 e. The Morgan fingerprint density at radius 1 is 0.429 bits per heavy atom. The van der Waals surface area contributed by atoms with E-state index in [0.717, 1.165) is 44.9 Å². The number of rotatable bonds is 62. The van der Waals surface area contributed by atoms with Crippen molar-refractivity contribution in [1.29, 1.82) is 0 Å². The Morgan fingerprint density at radius 3 is 1.04 bits per heavy atom. The summed E-state index contributed by atoms with van der Waals surface area (Å²) in [5.41, 5.74) is 0. The number of nitrogens with one attached hydrogen (secondary N) is 1. The lowest BCUT2D eigenvalue weighted by Crippen LogP contribution is -2.45. The van der Waals surface area contributed by atoms with Gasteiger partial charge < -0.3 is 19.8 Å². The van der Waals surface area contributed by atoms with Crippen LogP contribution in [0.3, 0.4) is 0 Å². The summed E-state index contributed by atoms with van der Waals surface area (Å²) in [6.45, 7) is 4.81. The van der Waals surface area contributed by atoms with E-state index in [-0.39, 0.29) is 19.1 Å². The van der Waals surface area contributed by atoms with Gasteiger partial charge in [0.25, 0.3) is 0 Å². The quantitative estimate of drug-likeness (QED) is 0.0243. The van der Waals surface area contributed by atoms with Gasteiger partial charge in [-0.05, 0) is 70.6 Å². The van der Waals surface area contributed by atoms with Crippen LogP contribution in [0.1, 0.15) is 328 Å². The van der Waals surface area contributed by atoms with Gasteiger partial charge in [-0.25, -0.2) is 4.57 Å². The molecule has 1 amide bonds. The number of quaternary nitrogens is 1. The van der Waals surface area contributed by atoms with Gasteiger partial charge in [-0.3, -0.25) is 13.8 Å². The summed E-state index contributed by atoms with van der Waals surface area (Å²) in [6.07, 6.45) is 79.9. The van der Waals surface area contributed by atoms with Crippen LogP contribution < -0.4 is 5.32 Å². The molecule has 0 aromatic rings. The van der Waals surface area contributed by atoms with Crippen LogP contribution in [0, 0.1) is 0 Å². The first kappa shape index (κ1) is 75.5. The fourth-order valence-electron chi connectivity index (χ4n) is 10.0. The highest BCUT2D eigenvalue weighted by Crippen LogP contribution is 2.43. The molecule has 0 fully saturated rings. The molecule has 0 aromatic carbocycles. The van der Waals surface area contributed by atoms with E-state index in [0.29, 0.717) is 17.4 Å². The van der Waals surface area contributed by atoms with Crippen LogP contribution in [0.5, 0.6) is 0 Å². The minimum Gasteiger partial charge on any atom is -0.387 e. The minimum absolute atomic E-state index is 0.0544. The summed E-state index contributed by atoms with van der Waals surface area (Å²) in [5.74, 6) is -0.186. The van der Waals surface area contributed by atoms with Gasteiger partial charge >= 0.3 is 7.82 Å². The summed E-state index contributed by atoms with van der Waals surface area (Å²) in [5, 5.41) is 13.9. The van der Waals surface area contributed by atoms with Crippen LogP contribution in [-0.4, -0.2) is 73.4 Å². The van der Waals surface area contributed by atoms with Gasteiger partial charge in [-0.15, -0.1) is 0 Å². The van der Waals surface area contributed by atoms with Crippen molar-refractivity contribution in [1.82, 2.24) is 5.32 Å². The third-order valence-electron chi connectivity index (χ3n) is 15.2. The van der Waals surface area contributed by atoms with Crippen molar-refractivity contribution in [2.45, 2.75) is 341 Å². The third kappa shape index (κ3) is 61.9. The highest BCUT2D eigenvalue weighted by atomic mass is 31.2. The number of aliphatic hydroxyl groups is 1. The number of likely N-dealkylation sites (N-methyl/N-ethyl adjacent to an activating group) is 1. The number of allylic oxidation sites excluding steroid dienone is 7. The molecule has 0 aliphatic rings. The number of carbonyl (C=O) groups is 1. The van der Waals surface area contributed by atoms with Crippen molar-refractivity contribution in [2.24, 2.45) is 0 Å². The van der Waals surface area contributed by atoms with Crippen LogP contribution >= 0.6 is 7.82 Å². The van der Waals surface area contributed by atoms with E-state index in [1.165, 1.54) is 263 Å². The molecule has 9 heteroatoms. The molecule has 0 saturated heterocycles. The summed E-state index contributed by atoms with van der Waals surface area (Å²) >= 11 is 0. The second-order valence-electron chi connectivity index (χ2n) is 24.2. The van der Waals surface area contributed by atoms with Crippen LogP contribution in [0.2, 0.25) is 0 Å². The van der Waals surface area contributed by atoms with E-state index in [4.69, 9.17) is 9.05 Å². The summed E-state index contributed by atoms with van der Waals surface area (Å²) in [7, 11) is 1.56. The normalized spacial score (nSPS) is 14.0. The Kier molecular flexibility index (Phi) is 57.9.